The van der Waals surface area contributed by atoms with Crippen molar-refractivity contribution in [2.45, 2.75) is 33.1 Å². The summed E-state index contributed by atoms with van der Waals surface area (Å²) in [6.45, 7) is 5.37. The van der Waals surface area contributed by atoms with Crippen molar-refractivity contribution < 1.29 is 5.11 Å². The van der Waals surface area contributed by atoms with E-state index in [9.17, 15) is 0 Å². The van der Waals surface area contributed by atoms with E-state index < -0.39 is 0 Å². The molecule has 0 bridgehead atoms. The highest BCUT2D eigenvalue weighted by Crippen LogP contribution is 2.21. The molecule has 0 aliphatic rings. The van der Waals surface area contributed by atoms with Crippen molar-refractivity contribution in [1.29, 1.82) is 0 Å². The summed E-state index contributed by atoms with van der Waals surface area (Å²) in [5.74, 6) is 1.22. The summed E-state index contributed by atoms with van der Waals surface area (Å²) in [5, 5.41) is 8.75. The van der Waals surface area contributed by atoms with E-state index in [1.807, 2.05) is 0 Å². The lowest BCUT2D eigenvalue weighted by Gasteiger charge is -2.22. The second-order valence-corrected chi connectivity index (χ2v) is 3.08. The summed E-state index contributed by atoms with van der Waals surface area (Å²) >= 11 is 0. The van der Waals surface area contributed by atoms with Gasteiger partial charge in [-0.15, -0.1) is 0 Å². The predicted octanol–water partition coefficient (Wildman–Crippen LogP) is 1.38. The molecule has 0 aromatic carbocycles. The molecule has 1 atom stereocenters. The van der Waals surface area contributed by atoms with Gasteiger partial charge in [-0.25, -0.2) is 0 Å². The Hall–Kier alpha value is -0.0800. The van der Waals surface area contributed by atoms with Crippen molar-refractivity contribution in [2.75, 3.05) is 13.2 Å². The molecule has 0 amide bonds. The first-order chi connectivity index (χ1) is 5.29. The fourth-order valence-electron chi connectivity index (χ4n) is 1.67. The van der Waals surface area contributed by atoms with Gasteiger partial charge >= 0.3 is 0 Å². The van der Waals surface area contributed by atoms with Crippen LogP contribution < -0.4 is 5.73 Å². The minimum absolute atomic E-state index is 0.276. The third-order valence-corrected chi connectivity index (χ3v) is 2.52. The Bertz CT molecular complexity index is 81.6. The highest BCUT2D eigenvalue weighted by atomic mass is 16.3. The van der Waals surface area contributed by atoms with Crippen LogP contribution in [0.3, 0.4) is 0 Å². The highest BCUT2D eigenvalue weighted by molar-refractivity contribution is 4.68. The largest absolute Gasteiger partial charge is 0.396 e. The SMILES string of the molecule is CCC(CC)C(CN)CCO. The molecule has 3 N–H and O–H groups in total. The highest BCUT2D eigenvalue weighted by Gasteiger charge is 2.15. The molecule has 0 fully saturated rings. The van der Waals surface area contributed by atoms with E-state index in [0.29, 0.717) is 18.4 Å². The van der Waals surface area contributed by atoms with Gasteiger partial charge in [0.05, 0.1) is 0 Å². The summed E-state index contributed by atoms with van der Waals surface area (Å²) in [6.07, 6.45) is 3.22. The molecule has 0 aromatic heterocycles. The van der Waals surface area contributed by atoms with Gasteiger partial charge in [0.25, 0.3) is 0 Å². The molecule has 0 rings (SSSR count). The van der Waals surface area contributed by atoms with Crippen LogP contribution in [0.25, 0.3) is 0 Å². The third kappa shape index (κ3) is 3.73. The molecule has 0 spiro atoms. The number of aliphatic hydroxyl groups is 1. The van der Waals surface area contributed by atoms with Crippen LogP contribution in [0, 0.1) is 11.8 Å². The van der Waals surface area contributed by atoms with E-state index in [-0.39, 0.29) is 6.61 Å². The Kier molecular flexibility index (Phi) is 6.57. The number of rotatable bonds is 6. The van der Waals surface area contributed by atoms with Gasteiger partial charge in [0.1, 0.15) is 0 Å². The van der Waals surface area contributed by atoms with Gasteiger partial charge in [-0.05, 0) is 24.8 Å². The van der Waals surface area contributed by atoms with Crippen LogP contribution in [0.15, 0.2) is 0 Å². The summed E-state index contributed by atoms with van der Waals surface area (Å²) < 4.78 is 0. The maximum Gasteiger partial charge on any atom is 0.0434 e. The fraction of sp³-hybridized carbons (Fsp3) is 1.00. The van der Waals surface area contributed by atoms with Gasteiger partial charge < -0.3 is 10.8 Å². The smallest absolute Gasteiger partial charge is 0.0434 e. The molecule has 0 aliphatic heterocycles. The normalized spacial score (nSPS) is 13.9. The minimum Gasteiger partial charge on any atom is -0.396 e. The number of aliphatic hydroxyl groups excluding tert-OH is 1. The topological polar surface area (TPSA) is 46.2 Å². The lowest BCUT2D eigenvalue weighted by Crippen LogP contribution is -2.23. The number of hydrogen-bond donors (Lipinski definition) is 2. The third-order valence-electron chi connectivity index (χ3n) is 2.52. The molecule has 0 heterocycles. The van der Waals surface area contributed by atoms with Crippen molar-refractivity contribution in [3.63, 3.8) is 0 Å². The molecule has 0 saturated carbocycles. The molecule has 0 radical (unpaired) electrons. The molecule has 0 saturated heterocycles. The van der Waals surface area contributed by atoms with Gasteiger partial charge in [0.2, 0.25) is 0 Å². The standard InChI is InChI=1S/C9H21NO/c1-3-8(4-2)9(7-10)5-6-11/h8-9,11H,3-7,10H2,1-2H3. The van der Waals surface area contributed by atoms with Gasteiger partial charge in [0, 0.05) is 6.61 Å². The van der Waals surface area contributed by atoms with E-state index in [4.69, 9.17) is 10.8 Å². The lowest BCUT2D eigenvalue weighted by molar-refractivity contribution is 0.215. The van der Waals surface area contributed by atoms with Crippen LogP contribution >= 0.6 is 0 Å². The molecule has 0 aliphatic carbocycles. The maximum absolute atomic E-state index is 8.75. The van der Waals surface area contributed by atoms with Crippen LogP contribution in [-0.4, -0.2) is 18.3 Å². The van der Waals surface area contributed by atoms with Crippen LogP contribution in [0.1, 0.15) is 33.1 Å². The van der Waals surface area contributed by atoms with Crippen LogP contribution in [0.5, 0.6) is 0 Å². The van der Waals surface area contributed by atoms with Crippen molar-refractivity contribution in [3.05, 3.63) is 0 Å². The van der Waals surface area contributed by atoms with Crippen molar-refractivity contribution >= 4 is 0 Å². The first kappa shape index (κ1) is 10.9. The molecule has 2 nitrogen and oxygen atoms in total. The van der Waals surface area contributed by atoms with E-state index in [1.54, 1.807) is 0 Å². The van der Waals surface area contributed by atoms with Gasteiger partial charge in [-0.3, -0.25) is 0 Å². The molecular weight excluding hydrogens is 138 g/mol. The Balaban J connectivity index is 3.76. The second kappa shape index (κ2) is 6.62. The van der Waals surface area contributed by atoms with Crippen LogP contribution in [0.4, 0.5) is 0 Å². The molecule has 11 heavy (non-hydrogen) atoms. The zero-order valence-electron chi connectivity index (χ0n) is 7.71. The van der Waals surface area contributed by atoms with Crippen LogP contribution in [0.2, 0.25) is 0 Å². The summed E-state index contributed by atoms with van der Waals surface area (Å²) in [4.78, 5) is 0. The molecule has 2 heteroatoms. The van der Waals surface area contributed by atoms with E-state index >= 15 is 0 Å². The zero-order chi connectivity index (χ0) is 8.69. The Morgan fingerprint density at radius 1 is 1.18 bits per heavy atom. The Morgan fingerprint density at radius 2 is 1.73 bits per heavy atom. The average molecular weight is 159 g/mol. The van der Waals surface area contributed by atoms with Gasteiger partial charge in [-0.1, -0.05) is 26.7 Å². The Labute approximate surface area is 69.8 Å². The summed E-state index contributed by atoms with van der Waals surface area (Å²) in [7, 11) is 0. The second-order valence-electron chi connectivity index (χ2n) is 3.08. The predicted molar refractivity (Wildman–Crippen MR) is 48.3 cm³/mol. The quantitative estimate of drug-likeness (QED) is 0.615. The van der Waals surface area contributed by atoms with Crippen LogP contribution in [-0.2, 0) is 0 Å². The fourth-order valence-corrected chi connectivity index (χ4v) is 1.67. The molecule has 68 valence electrons. The van der Waals surface area contributed by atoms with Gasteiger partial charge in [0.15, 0.2) is 0 Å². The summed E-state index contributed by atoms with van der Waals surface area (Å²) in [6, 6.07) is 0. The van der Waals surface area contributed by atoms with Crippen molar-refractivity contribution in [1.82, 2.24) is 0 Å². The van der Waals surface area contributed by atoms with Crippen molar-refractivity contribution in [2.24, 2.45) is 17.6 Å². The monoisotopic (exact) mass is 159 g/mol. The van der Waals surface area contributed by atoms with E-state index in [0.717, 1.165) is 6.42 Å². The lowest BCUT2D eigenvalue weighted by atomic mass is 9.86. The van der Waals surface area contributed by atoms with E-state index in [2.05, 4.69) is 13.8 Å². The first-order valence-electron chi connectivity index (χ1n) is 4.61. The molecular formula is C9H21NO. The maximum atomic E-state index is 8.75. The van der Waals surface area contributed by atoms with E-state index in [1.165, 1.54) is 12.8 Å². The number of hydrogen-bond acceptors (Lipinski definition) is 2. The number of nitrogens with two attached hydrogens (primary N) is 1. The summed E-state index contributed by atoms with van der Waals surface area (Å²) in [5.41, 5.74) is 5.60. The van der Waals surface area contributed by atoms with Gasteiger partial charge in [-0.2, -0.15) is 0 Å². The average Bonchev–Trinajstić information content (AvgIpc) is 2.05. The Morgan fingerprint density at radius 3 is 2.00 bits per heavy atom. The minimum atomic E-state index is 0.276. The molecule has 1 unspecified atom stereocenters. The first-order valence-corrected chi connectivity index (χ1v) is 4.61. The zero-order valence-corrected chi connectivity index (χ0v) is 7.71. The molecule has 0 aromatic rings. The van der Waals surface area contributed by atoms with Crippen molar-refractivity contribution in [3.8, 4) is 0 Å².